The Morgan fingerprint density at radius 2 is 1.19 bits per heavy atom. The highest BCUT2D eigenvalue weighted by Gasteiger charge is 2.44. The second kappa shape index (κ2) is 5.05. The minimum atomic E-state index is 0. The first kappa shape index (κ1) is 14.0. The van der Waals surface area contributed by atoms with Crippen molar-refractivity contribution in [3.63, 3.8) is 0 Å². The second-order valence-electron chi connectivity index (χ2n) is 6.13. The van der Waals surface area contributed by atoms with Crippen LogP contribution in [0.4, 0.5) is 0 Å². The highest BCUT2D eigenvalue weighted by Crippen LogP contribution is 2.40. The number of nitrogens with zero attached hydrogens (tertiary/aromatic N) is 2. The first-order valence-corrected chi connectivity index (χ1v) is 6.50. The lowest BCUT2D eigenvalue weighted by molar-refractivity contribution is 0.201. The highest BCUT2D eigenvalue weighted by atomic mass is 15.2. The molecule has 2 fully saturated rings. The van der Waals surface area contributed by atoms with Gasteiger partial charge in [0.05, 0.1) is 0 Å². The Kier molecular flexibility index (Phi) is 4.42. The number of hydrogen-bond donors (Lipinski definition) is 0. The fourth-order valence-corrected chi connectivity index (χ4v) is 3.15. The Labute approximate surface area is 102 Å². The molecule has 0 aromatic rings. The monoisotopic (exact) mass is 226 g/mol. The Bertz CT molecular complexity index is 199. The van der Waals surface area contributed by atoms with Crippen molar-refractivity contribution in [1.82, 2.24) is 9.80 Å². The topological polar surface area (TPSA) is 6.48 Å². The van der Waals surface area contributed by atoms with Crippen LogP contribution in [-0.2, 0) is 0 Å². The van der Waals surface area contributed by atoms with E-state index in [0.717, 1.165) is 12.1 Å². The number of likely N-dealkylation sites (tertiary alicyclic amines) is 2. The van der Waals surface area contributed by atoms with Crippen LogP contribution in [0.3, 0.4) is 0 Å². The van der Waals surface area contributed by atoms with E-state index >= 15 is 0 Å². The summed E-state index contributed by atoms with van der Waals surface area (Å²) in [6.45, 7) is 14.6. The summed E-state index contributed by atoms with van der Waals surface area (Å²) in [4.78, 5) is 5.31. The predicted octanol–water partition coefficient (Wildman–Crippen LogP) is 2.84. The summed E-state index contributed by atoms with van der Waals surface area (Å²) in [7, 11) is 0. The van der Waals surface area contributed by atoms with Crippen molar-refractivity contribution in [3.8, 4) is 0 Å². The summed E-state index contributed by atoms with van der Waals surface area (Å²) in [5.41, 5.74) is 0.647. The molecule has 1 spiro atoms. The van der Waals surface area contributed by atoms with Gasteiger partial charge in [-0.15, -0.1) is 0 Å². The second-order valence-corrected chi connectivity index (χ2v) is 6.13. The largest absolute Gasteiger partial charge is 0.300 e. The van der Waals surface area contributed by atoms with Gasteiger partial charge >= 0.3 is 0 Å². The van der Waals surface area contributed by atoms with Gasteiger partial charge < -0.3 is 9.80 Å². The summed E-state index contributed by atoms with van der Waals surface area (Å²) in [5.74, 6) is 0. The summed E-state index contributed by atoms with van der Waals surface area (Å²) >= 11 is 0. The maximum absolute atomic E-state index is 2.66. The van der Waals surface area contributed by atoms with Crippen LogP contribution in [0.15, 0.2) is 0 Å². The van der Waals surface area contributed by atoms with Gasteiger partial charge in [-0.05, 0) is 59.0 Å². The molecule has 2 nitrogen and oxygen atoms in total. The van der Waals surface area contributed by atoms with E-state index in [9.17, 15) is 0 Å². The molecule has 0 aromatic carbocycles. The minimum absolute atomic E-state index is 0. The zero-order chi connectivity index (χ0) is 11.1. The van der Waals surface area contributed by atoms with E-state index in [4.69, 9.17) is 0 Å². The maximum Gasteiger partial charge on any atom is 0.00539 e. The van der Waals surface area contributed by atoms with Gasteiger partial charge in [-0.25, -0.2) is 0 Å². The molecule has 2 aliphatic rings. The van der Waals surface area contributed by atoms with Crippen LogP contribution in [0.25, 0.3) is 0 Å². The summed E-state index contributed by atoms with van der Waals surface area (Å²) < 4.78 is 0. The van der Waals surface area contributed by atoms with Crippen molar-refractivity contribution in [1.29, 1.82) is 0 Å². The van der Waals surface area contributed by atoms with Crippen LogP contribution in [-0.4, -0.2) is 48.1 Å². The molecule has 0 saturated carbocycles. The number of rotatable bonds is 2. The van der Waals surface area contributed by atoms with Crippen LogP contribution in [0, 0.1) is 5.41 Å². The fraction of sp³-hybridized carbons (Fsp3) is 1.00. The first-order chi connectivity index (χ1) is 7.02. The smallest absolute Gasteiger partial charge is 0.00539 e. The molecule has 2 heterocycles. The fourth-order valence-electron chi connectivity index (χ4n) is 3.15. The van der Waals surface area contributed by atoms with Gasteiger partial charge in [-0.2, -0.15) is 0 Å². The third kappa shape index (κ3) is 2.60. The van der Waals surface area contributed by atoms with Crippen LogP contribution >= 0.6 is 0 Å². The van der Waals surface area contributed by atoms with Gasteiger partial charge in [0.1, 0.15) is 0 Å². The lowest BCUT2D eigenvalue weighted by Gasteiger charge is -2.27. The normalized spacial score (nSPS) is 25.9. The van der Waals surface area contributed by atoms with Gasteiger partial charge in [0.25, 0.3) is 0 Å². The molecule has 0 unspecified atom stereocenters. The van der Waals surface area contributed by atoms with E-state index in [1.54, 1.807) is 0 Å². The molecule has 0 N–H and O–H groups in total. The molecule has 0 bridgehead atoms. The van der Waals surface area contributed by atoms with Crippen LogP contribution in [0.5, 0.6) is 0 Å². The van der Waals surface area contributed by atoms with E-state index in [1.807, 2.05) is 0 Å². The van der Waals surface area contributed by atoms with Gasteiger partial charge in [0.15, 0.2) is 0 Å². The van der Waals surface area contributed by atoms with E-state index in [-0.39, 0.29) is 7.43 Å². The molecular formula is C14H30N2. The molecular weight excluding hydrogens is 196 g/mol. The zero-order valence-corrected chi connectivity index (χ0v) is 10.8. The van der Waals surface area contributed by atoms with Crippen molar-refractivity contribution < 1.29 is 0 Å². The molecule has 0 aromatic heterocycles. The maximum atomic E-state index is 2.66. The van der Waals surface area contributed by atoms with Gasteiger partial charge in [-0.3, -0.25) is 0 Å². The molecule has 0 radical (unpaired) electrons. The molecule has 2 heteroatoms. The first-order valence-electron chi connectivity index (χ1n) is 6.50. The molecule has 2 aliphatic heterocycles. The lowest BCUT2D eigenvalue weighted by Crippen LogP contribution is -2.35. The molecule has 96 valence electrons. The van der Waals surface area contributed by atoms with E-state index in [0.29, 0.717) is 5.41 Å². The summed E-state index contributed by atoms with van der Waals surface area (Å²) in [5, 5.41) is 0. The highest BCUT2D eigenvalue weighted by molar-refractivity contribution is 4.98. The molecule has 16 heavy (non-hydrogen) atoms. The van der Waals surface area contributed by atoms with Gasteiger partial charge in [-0.1, -0.05) is 7.43 Å². The molecule has 0 aliphatic carbocycles. The predicted molar refractivity (Wildman–Crippen MR) is 71.8 cm³/mol. The Hall–Kier alpha value is -0.0800. The summed E-state index contributed by atoms with van der Waals surface area (Å²) in [6.07, 6.45) is 2.85. The van der Waals surface area contributed by atoms with Crippen molar-refractivity contribution in [2.75, 3.05) is 26.2 Å². The lowest BCUT2D eigenvalue weighted by atomic mass is 9.86. The molecule has 0 amide bonds. The van der Waals surface area contributed by atoms with Crippen LogP contribution < -0.4 is 0 Å². The van der Waals surface area contributed by atoms with E-state index in [1.165, 1.54) is 39.0 Å². The average Bonchev–Trinajstić information content (AvgIpc) is 2.74. The number of hydrogen-bond acceptors (Lipinski definition) is 2. The van der Waals surface area contributed by atoms with Gasteiger partial charge in [0.2, 0.25) is 0 Å². The quantitative estimate of drug-likeness (QED) is 0.714. The van der Waals surface area contributed by atoms with E-state index < -0.39 is 0 Å². The van der Waals surface area contributed by atoms with Crippen molar-refractivity contribution in [2.45, 2.75) is 60.0 Å². The summed E-state index contributed by atoms with van der Waals surface area (Å²) in [6, 6.07) is 1.47. The Morgan fingerprint density at radius 1 is 0.812 bits per heavy atom. The van der Waals surface area contributed by atoms with Crippen LogP contribution in [0.1, 0.15) is 48.0 Å². The van der Waals surface area contributed by atoms with Crippen LogP contribution in [0.2, 0.25) is 0 Å². The standard InChI is InChI=1S/C13H26N2.CH4/c1-11(2)14-7-5-13(9-14)6-8-15(10-13)12(3)4;/h11-12H,5-10H2,1-4H3;1H4. The SMILES string of the molecule is C.CC(C)N1CCC2(CCN(C(C)C)C2)C1. The molecule has 0 atom stereocenters. The van der Waals surface area contributed by atoms with E-state index in [2.05, 4.69) is 37.5 Å². The van der Waals surface area contributed by atoms with Crippen molar-refractivity contribution >= 4 is 0 Å². The zero-order valence-electron chi connectivity index (χ0n) is 10.8. The minimum Gasteiger partial charge on any atom is -0.300 e. The Balaban J connectivity index is 0.00000128. The average molecular weight is 226 g/mol. The Morgan fingerprint density at radius 3 is 1.44 bits per heavy atom. The van der Waals surface area contributed by atoms with Gasteiger partial charge in [0, 0.05) is 25.2 Å². The third-order valence-corrected chi connectivity index (χ3v) is 4.40. The third-order valence-electron chi connectivity index (χ3n) is 4.40. The van der Waals surface area contributed by atoms with Crippen molar-refractivity contribution in [3.05, 3.63) is 0 Å². The molecule has 2 rings (SSSR count). The molecule has 2 saturated heterocycles. The van der Waals surface area contributed by atoms with Crippen molar-refractivity contribution in [2.24, 2.45) is 5.41 Å².